The van der Waals surface area contributed by atoms with Crippen LogP contribution in [0.5, 0.6) is 5.75 Å². The topological polar surface area (TPSA) is 56.2 Å². The van der Waals surface area contributed by atoms with Crippen LogP contribution in [0.1, 0.15) is 16.1 Å². The summed E-state index contributed by atoms with van der Waals surface area (Å²) in [5.41, 5.74) is 1.40. The van der Waals surface area contributed by atoms with Crippen LogP contribution in [-0.4, -0.2) is 22.8 Å². The lowest BCUT2D eigenvalue weighted by Crippen LogP contribution is -2.14. The minimum absolute atomic E-state index is 0.0350. The number of carbonyl (C=O) groups excluding carboxylic acids is 1. The van der Waals surface area contributed by atoms with Crippen LogP contribution in [0.15, 0.2) is 48.7 Å². The summed E-state index contributed by atoms with van der Waals surface area (Å²) in [5, 5.41) is 6.76. The second-order valence-corrected chi connectivity index (χ2v) is 5.39. The first-order valence-corrected chi connectivity index (χ1v) is 7.45. The summed E-state index contributed by atoms with van der Waals surface area (Å²) >= 11 is 0. The number of hydrogen-bond donors (Lipinski definition) is 1. The zero-order valence-electron chi connectivity index (χ0n) is 13.6. The average molecular weight is 343 g/mol. The summed E-state index contributed by atoms with van der Waals surface area (Å²) in [6.45, 7) is 1.63. The van der Waals surface area contributed by atoms with Crippen molar-refractivity contribution in [3.63, 3.8) is 0 Å². The number of aryl methyl sites for hydroxylation is 1. The molecule has 0 aliphatic rings. The normalized spacial score (nSPS) is 10.6. The van der Waals surface area contributed by atoms with Gasteiger partial charge in [-0.05, 0) is 48.9 Å². The Kier molecular flexibility index (Phi) is 4.47. The van der Waals surface area contributed by atoms with Gasteiger partial charge in [0.1, 0.15) is 11.6 Å². The average Bonchev–Trinajstić information content (AvgIpc) is 3.03. The van der Waals surface area contributed by atoms with Crippen LogP contribution < -0.4 is 10.1 Å². The Labute approximate surface area is 142 Å². The third-order valence-corrected chi connectivity index (χ3v) is 3.64. The summed E-state index contributed by atoms with van der Waals surface area (Å²) < 4.78 is 33.2. The fraction of sp³-hybridized carbons (Fsp3) is 0.111. The molecule has 0 aliphatic carbocycles. The molecular formula is C18H15F2N3O2. The lowest BCUT2D eigenvalue weighted by molar-refractivity contribution is 0.101. The van der Waals surface area contributed by atoms with Crippen molar-refractivity contribution in [3.8, 4) is 11.4 Å². The molecule has 0 atom stereocenters. The molecule has 0 radical (unpaired) electrons. The first kappa shape index (κ1) is 16.6. The second kappa shape index (κ2) is 6.72. The number of halogens is 2. The molecule has 0 spiro atoms. The smallest absolute Gasteiger partial charge is 0.280 e. The maximum atomic E-state index is 13.6. The van der Waals surface area contributed by atoms with E-state index in [9.17, 15) is 13.6 Å². The van der Waals surface area contributed by atoms with Crippen LogP contribution in [0, 0.1) is 18.6 Å². The van der Waals surface area contributed by atoms with Gasteiger partial charge in [0.15, 0.2) is 11.4 Å². The number of amides is 1. The number of aromatic nitrogens is 2. The molecular weight excluding hydrogens is 328 g/mol. The molecule has 1 aromatic heterocycles. The van der Waals surface area contributed by atoms with Gasteiger partial charge in [-0.15, -0.1) is 0 Å². The van der Waals surface area contributed by atoms with Crippen molar-refractivity contribution in [2.45, 2.75) is 6.92 Å². The zero-order chi connectivity index (χ0) is 18.0. The fourth-order valence-corrected chi connectivity index (χ4v) is 2.25. The number of hydrogen-bond acceptors (Lipinski definition) is 3. The van der Waals surface area contributed by atoms with E-state index in [1.54, 1.807) is 19.1 Å². The highest BCUT2D eigenvalue weighted by molar-refractivity contribution is 6.04. The summed E-state index contributed by atoms with van der Waals surface area (Å²) in [5.74, 6) is -1.08. The van der Waals surface area contributed by atoms with Crippen molar-refractivity contribution in [1.82, 2.24) is 9.78 Å². The first-order valence-electron chi connectivity index (χ1n) is 7.45. The second-order valence-electron chi connectivity index (χ2n) is 5.39. The minimum atomic E-state index is -0.541. The van der Waals surface area contributed by atoms with E-state index in [2.05, 4.69) is 10.4 Å². The molecule has 3 aromatic rings. The highest BCUT2D eigenvalue weighted by Gasteiger charge is 2.19. The fourth-order valence-electron chi connectivity index (χ4n) is 2.25. The molecule has 0 saturated heterocycles. The third-order valence-electron chi connectivity index (χ3n) is 3.64. The van der Waals surface area contributed by atoms with Gasteiger partial charge in [-0.2, -0.15) is 5.10 Å². The van der Waals surface area contributed by atoms with Gasteiger partial charge in [-0.3, -0.25) is 4.79 Å². The van der Waals surface area contributed by atoms with Crippen molar-refractivity contribution < 1.29 is 18.3 Å². The molecule has 0 aliphatic heterocycles. The van der Waals surface area contributed by atoms with Gasteiger partial charge in [-0.25, -0.2) is 13.5 Å². The number of methoxy groups -OCH3 is 1. The molecule has 1 N–H and O–H groups in total. The van der Waals surface area contributed by atoms with Crippen molar-refractivity contribution in [1.29, 1.82) is 0 Å². The van der Waals surface area contributed by atoms with Crippen LogP contribution in [0.4, 0.5) is 14.5 Å². The molecule has 1 heterocycles. The molecule has 2 aromatic carbocycles. The first-order chi connectivity index (χ1) is 12.0. The maximum absolute atomic E-state index is 13.6. The van der Waals surface area contributed by atoms with Crippen LogP contribution in [-0.2, 0) is 0 Å². The standard InChI is InChI=1S/C18H15F2N3O2/c1-11-3-6-13(9-15(11)20)21-18(24)17-16(25-2)10-23(22-17)14-7-4-12(19)5-8-14/h3-10H,1-2H3,(H,21,24). The van der Waals surface area contributed by atoms with Crippen molar-refractivity contribution in [2.24, 2.45) is 0 Å². The van der Waals surface area contributed by atoms with E-state index in [-0.39, 0.29) is 17.3 Å². The van der Waals surface area contributed by atoms with Crippen molar-refractivity contribution in [3.05, 3.63) is 71.6 Å². The van der Waals surface area contributed by atoms with Crippen LogP contribution in [0.3, 0.4) is 0 Å². The van der Waals surface area contributed by atoms with E-state index in [1.165, 1.54) is 48.3 Å². The summed E-state index contributed by atoms with van der Waals surface area (Å²) in [6.07, 6.45) is 1.51. The number of carbonyl (C=O) groups is 1. The molecule has 5 nitrogen and oxygen atoms in total. The predicted octanol–water partition coefficient (Wildman–Crippen LogP) is 3.72. The van der Waals surface area contributed by atoms with Crippen molar-refractivity contribution in [2.75, 3.05) is 12.4 Å². The number of ether oxygens (including phenoxy) is 1. The van der Waals surface area contributed by atoms with Crippen molar-refractivity contribution >= 4 is 11.6 Å². The molecule has 0 bridgehead atoms. The Morgan fingerprint density at radius 1 is 1.16 bits per heavy atom. The van der Waals surface area contributed by atoms with Gasteiger partial charge >= 0.3 is 0 Å². The summed E-state index contributed by atoms with van der Waals surface area (Å²) in [7, 11) is 1.41. The molecule has 1 amide bonds. The van der Waals surface area contributed by atoms with E-state index >= 15 is 0 Å². The van der Waals surface area contributed by atoms with Gasteiger partial charge in [0.25, 0.3) is 5.91 Å². The quantitative estimate of drug-likeness (QED) is 0.785. The Bertz CT molecular complexity index is 921. The maximum Gasteiger partial charge on any atom is 0.280 e. The number of rotatable bonds is 4. The summed E-state index contributed by atoms with van der Waals surface area (Å²) in [4.78, 5) is 12.4. The number of benzene rings is 2. The Balaban J connectivity index is 1.89. The zero-order valence-corrected chi connectivity index (χ0v) is 13.6. The molecule has 7 heteroatoms. The van der Waals surface area contributed by atoms with Crippen LogP contribution in [0.2, 0.25) is 0 Å². The van der Waals surface area contributed by atoms with E-state index in [1.807, 2.05) is 0 Å². The molecule has 0 saturated carbocycles. The van der Waals surface area contributed by atoms with Gasteiger partial charge in [-0.1, -0.05) is 6.07 Å². The van der Waals surface area contributed by atoms with Gasteiger partial charge in [0.05, 0.1) is 19.0 Å². The van der Waals surface area contributed by atoms with E-state index in [0.717, 1.165) is 0 Å². The molecule has 3 rings (SSSR count). The van der Waals surface area contributed by atoms with E-state index in [0.29, 0.717) is 16.9 Å². The number of nitrogens with zero attached hydrogens (tertiary/aromatic N) is 2. The molecule has 25 heavy (non-hydrogen) atoms. The molecule has 0 fully saturated rings. The Morgan fingerprint density at radius 3 is 2.52 bits per heavy atom. The minimum Gasteiger partial charge on any atom is -0.493 e. The monoisotopic (exact) mass is 343 g/mol. The Hall–Kier alpha value is -3.22. The Morgan fingerprint density at radius 2 is 1.88 bits per heavy atom. The third kappa shape index (κ3) is 3.50. The number of anilines is 1. The largest absolute Gasteiger partial charge is 0.493 e. The number of nitrogens with one attached hydrogen (secondary N) is 1. The highest BCUT2D eigenvalue weighted by atomic mass is 19.1. The van der Waals surface area contributed by atoms with E-state index < -0.39 is 11.7 Å². The van der Waals surface area contributed by atoms with Crippen LogP contribution >= 0.6 is 0 Å². The SMILES string of the molecule is COc1cn(-c2ccc(F)cc2)nc1C(=O)Nc1ccc(C)c(F)c1. The predicted molar refractivity (Wildman–Crippen MR) is 89.2 cm³/mol. The molecule has 0 unspecified atom stereocenters. The van der Waals surface area contributed by atoms with Gasteiger partial charge in [0, 0.05) is 5.69 Å². The van der Waals surface area contributed by atoms with Gasteiger partial charge in [0.2, 0.25) is 0 Å². The lowest BCUT2D eigenvalue weighted by atomic mass is 10.2. The van der Waals surface area contributed by atoms with E-state index in [4.69, 9.17) is 4.74 Å². The van der Waals surface area contributed by atoms with Crippen LogP contribution in [0.25, 0.3) is 5.69 Å². The highest BCUT2D eigenvalue weighted by Crippen LogP contribution is 2.22. The van der Waals surface area contributed by atoms with Gasteiger partial charge < -0.3 is 10.1 Å². The molecule has 128 valence electrons. The summed E-state index contributed by atoms with van der Waals surface area (Å²) in [6, 6.07) is 10.0. The lowest BCUT2D eigenvalue weighted by Gasteiger charge is -2.05.